The Morgan fingerprint density at radius 1 is 1.31 bits per heavy atom. The topological polar surface area (TPSA) is 63.8 Å². The van der Waals surface area contributed by atoms with E-state index in [1.54, 1.807) is 4.68 Å². The van der Waals surface area contributed by atoms with Crippen molar-refractivity contribution in [2.24, 2.45) is 5.73 Å². The largest absolute Gasteiger partial charge is 0.324 e. The van der Waals surface area contributed by atoms with E-state index in [0.29, 0.717) is 5.39 Å². The minimum absolute atomic E-state index is 0.0119. The molecule has 4 heteroatoms. The van der Waals surface area contributed by atoms with E-state index in [1.165, 1.54) is 0 Å². The first kappa shape index (κ1) is 11.0. The average molecular weight is 219 g/mol. The van der Waals surface area contributed by atoms with Crippen molar-refractivity contribution in [3.8, 4) is 0 Å². The van der Waals surface area contributed by atoms with Crippen molar-refractivity contribution in [3.63, 3.8) is 0 Å². The number of nitrogens with one attached hydrogen (secondary N) is 1. The first-order chi connectivity index (χ1) is 7.52. The second-order valence-electron chi connectivity index (χ2n) is 4.44. The molecule has 0 saturated heterocycles. The second kappa shape index (κ2) is 3.79. The van der Waals surface area contributed by atoms with E-state index < -0.39 is 0 Å². The number of nitrogens with zero attached hydrogens (tertiary/aromatic N) is 1. The van der Waals surface area contributed by atoms with Gasteiger partial charge in [-0.1, -0.05) is 12.1 Å². The summed E-state index contributed by atoms with van der Waals surface area (Å²) in [4.78, 5) is 12.2. The predicted octanol–water partition coefficient (Wildman–Crippen LogP) is 1.93. The minimum atomic E-state index is -0.132. The third-order valence-corrected chi connectivity index (χ3v) is 2.78. The molecule has 2 rings (SSSR count). The molecule has 1 aromatic carbocycles. The van der Waals surface area contributed by atoms with Crippen LogP contribution in [0.4, 0.5) is 0 Å². The summed E-state index contributed by atoms with van der Waals surface area (Å²) in [5, 5.41) is 3.82. The summed E-state index contributed by atoms with van der Waals surface area (Å²) in [6.07, 6.45) is 0. The third kappa shape index (κ3) is 1.55. The van der Waals surface area contributed by atoms with Crippen LogP contribution in [0.3, 0.4) is 0 Å². The van der Waals surface area contributed by atoms with Crippen molar-refractivity contribution < 1.29 is 0 Å². The van der Waals surface area contributed by atoms with Crippen LogP contribution in [-0.2, 0) is 0 Å². The fourth-order valence-electron chi connectivity index (χ4n) is 1.95. The highest BCUT2D eigenvalue weighted by molar-refractivity contribution is 5.82. The lowest BCUT2D eigenvalue weighted by Gasteiger charge is -2.05. The molecule has 4 nitrogen and oxygen atoms in total. The molecule has 1 heterocycles. The summed E-state index contributed by atoms with van der Waals surface area (Å²) < 4.78 is 1.64. The molecule has 2 aromatic rings. The molecule has 16 heavy (non-hydrogen) atoms. The molecule has 0 aliphatic rings. The van der Waals surface area contributed by atoms with Crippen LogP contribution in [0.25, 0.3) is 10.9 Å². The van der Waals surface area contributed by atoms with Crippen molar-refractivity contribution >= 4 is 10.9 Å². The van der Waals surface area contributed by atoms with Gasteiger partial charge in [0.05, 0.1) is 10.9 Å². The quantitative estimate of drug-likeness (QED) is 0.810. The van der Waals surface area contributed by atoms with Gasteiger partial charge in [0.15, 0.2) is 0 Å². The van der Waals surface area contributed by atoms with Crippen LogP contribution >= 0.6 is 0 Å². The Bertz CT molecular complexity index is 563. The zero-order chi connectivity index (χ0) is 11.9. The molecule has 0 bridgehead atoms. The van der Waals surface area contributed by atoms with Gasteiger partial charge in [-0.15, -0.1) is 0 Å². The number of hydrogen-bond acceptors (Lipinski definition) is 2. The summed E-state index contributed by atoms with van der Waals surface area (Å²) >= 11 is 0. The summed E-state index contributed by atoms with van der Waals surface area (Å²) in [7, 11) is 0. The van der Waals surface area contributed by atoms with Crippen LogP contribution in [0, 0.1) is 0 Å². The highest BCUT2D eigenvalue weighted by Gasteiger charge is 2.14. The molecule has 0 amide bonds. The number of fused-ring (bicyclic) bond motifs is 1. The summed E-state index contributed by atoms with van der Waals surface area (Å²) in [6, 6.07) is 5.73. The molecular formula is C12H17N3O. The van der Waals surface area contributed by atoms with E-state index in [9.17, 15) is 4.79 Å². The smallest absolute Gasteiger partial charge is 0.274 e. The zero-order valence-corrected chi connectivity index (χ0v) is 9.82. The summed E-state index contributed by atoms with van der Waals surface area (Å²) in [5.74, 6) is 0. The van der Waals surface area contributed by atoms with Crippen LogP contribution in [0.2, 0.25) is 0 Å². The van der Waals surface area contributed by atoms with E-state index in [-0.39, 0.29) is 17.6 Å². The number of hydrogen-bond donors (Lipinski definition) is 2. The molecule has 0 fully saturated rings. The first-order valence-electron chi connectivity index (χ1n) is 5.51. The van der Waals surface area contributed by atoms with Gasteiger partial charge in [0.2, 0.25) is 0 Å². The molecular weight excluding hydrogens is 202 g/mol. The number of aromatic nitrogens is 2. The lowest BCUT2D eigenvalue weighted by molar-refractivity contribution is 0.522. The van der Waals surface area contributed by atoms with E-state index in [0.717, 1.165) is 11.1 Å². The Morgan fingerprint density at radius 2 is 2.00 bits per heavy atom. The van der Waals surface area contributed by atoms with Gasteiger partial charge in [-0.25, -0.2) is 4.68 Å². The fraction of sp³-hybridized carbons (Fsp3) is 0.417. The first-order valence-corrected chi connectivity index (χ1v) is 5.51. The Morgan fingerprint density at radius 3 is 2.56 bits per heavy atom. The molecule has 1 unspecified atom stereocenters. The number of benzene rings is 1. The highest BCUT2D eigenvalue weighted by atomic mass is 16.1. The second-order valence-corrected chi connectivity index (χ2v) is 4.44. The van der Waals surface area contributed by atoms with Crippen LogP contribution < -0.4 is 11.3 Å². The van der Waals surface area contributed by atoms with E-state index in [2.05, 4.69) is 5.10 Å². The van der Waals surface area contributed by atoms with Gasteiger partial charge in [0, 0.05) is 12.1 Å². The maximum absolute atomic E-state index is 12.2. The van der Waals surface area contributed by atoms with Gasteiger partial charge in [0.25, 0.3) is 5.56 Å². The van der Waals surface area contributed by atoms with Crippen LogP contribution in [0.1, 0.15) is 38.4 Å². The van der Waals surface area contributed by atoms with Gasteiger partial charge < -0.3 is 5.73 Å². The van der Waals surface area contributed by atoms with Crippen LogP contribution in [-0.4, -0.2) is 9.78 Å². The minimum Gasteiger partial charge on any atom is -0.324 e. The Labute approximate surface area is 94.0 Å². The lowest BCUT2D eigenvalue weighted by Crippen LogP contribution is -2.19. The van der Waals surface area contributed by atoms with Crippen molar-refractivity contribution in [1.29, 1.82) is 0 Å². The molecule has 1 atom stereocenters. The van der Waals surface area contributed by atoms with Crippen molar-refractivity contribution in [2.45, 2.75) is 32.9 Å². The van der Waals surface area contributed by atoms with Crippen molar-refractivity contribution in [2.75, 3.05) is 0 Å². The molecule has 0 aliphatic heterocycles. The molecule has 3 N–H and O–H groups in total. The number of nitrogens with two attached hydrogens (primary N) is 1. The van der Waals surface area contributed by atoms with E-state index in [4.69, 9.17) is 5.73 Å². The van der Waals surface area contributed by atoms with Gasteiger partial charge in [-0.3, -0.25) is 9.89 Å². The number of H-pyrrole nitrogens is 1. The molecule has 1 aromatic heterocycles. The Balaban J connectivity index is 2.83. The van der Waals surface area contributed by atoms with Crippen LogP contribution in [0.5, 0.6) is 0 Å². The summed E-state index contributed by atoms with van der Waals surface area (Å²) in [6.45, 7) is 5.84. The normalized spacial score (nSPS) is 13.6. The maximum atomic E-state index is 12.2. The van der Waals surface area contributed by atoms with Gasteiger partial charge in [0.1, 0.15) is 0 Å². The van der Waals surface area contributed by atoms with E-state index >= 15 is 0 Å². The number of rotatable bonds is 2. The monoisotopic (exact) mass is 219 g/mol. The molecule has 0 aliphatic carbocycles. The molecule has 0 spiro atoms. The van der Waals surface area contributed by atoms with Gasteiger partial charge >= 0.3 is 0 Å². The number of aromatic amines is 1. The zero-order valence-electron chi connectivity index (χ0n) is 9.82. The van der Waals surface area contributed by atoms with Crippen molar-refractivity contribution in [1.82, 2.24) is 9.78 Å². The molecule has 0 saturated carbocycles. The Kier molecular flexibility index (Phi) is 2.59. The van der Waals surface area contributed by atoms with Gasteiger partial charge in [-0.05, 0) is 32.4 Å². The Hall–Kier alpha value is -1.55. The summed E-state index contributed by atoms with van der Waals surface area (Å²) in [5.41, 5.74) is 7.64. The molecule has 0 radical (unpaired) electrons. The average Bonchev–Trinajstić information content (AvgIpc) is 2.56. The maximum Gasteiger partial charge on any atom is 0.274 e. The lowest BCUT2D eigenvalue weighted by atomic mass is 10.1. The fourth-order valence-corrected chi connectivity index (χ4v) is 1.95. The van der Waals surface area contributed by atoms with E-state index in [1.807, 2.05) is 39.0 Å². The third-order valence-electron chi connectivity index (χ3n) is 2.78. The molecule has 86 valence electrons. The van der Waals surface area contributed by atoms with Crippen molar-refractivity contribution in [3.05, 3.63) is 34.1 Å². The highest BCUT2D eigenvalue weighted by Crippen LogP contribution is 2.19. The predicted molar refractivity (Wildman–Crippen MR) is 65.5 cm³/mol. The standard InChI is InChI=1S/C12H17N3O/c1-7(2)15-12(16)11-9(8(3)13)5-4-6-10(11)14-15/h4-8,14H,13H2,1-3H3. The van der Waals surface area contributed by atoms with Crippen LogP contribution in [0.15, 0.2) is 23.0 Å². The van der Waals surface area contributed by atoms with Gasteiger partial charge in [-0.2, -0.15) is 0 Å². The SMILES string of the molecule is CC(N)c1cccc2[nH]n(C(C)C)c(=O)c12.